The van der Waals surface area contributed by atoms with Crippen molar-refractivity contribution in [1.29, 1.82) is 0 Å². The van der Waals surface area contributed by atoms with Gasteiger partial charge >= 0.3 is 0 Å². The van der Waals surface area contributed by atoms with Gasteiger partial charge in [-0.25, -0.2) is 0 Å². The van der Waals surface area contributed by atoms with Crippen LogP contribution in [-0.2, 0) is 13.1 Å². The van der Waals surface area contributed by atoms with Gasteiger partial charge in [0.05, 0.1) is 6.54 Å². The Morgan fingerprint density at radius 2 is 1.70 bits per heavy atom. The van der Waals surface area contributed by atoms with E-state index in [0.717, 1.165) is 24.9 Å². The minimum absolute atomic E-state index is 0.158. The molecule has 4 rings (SSSR count). The van der Waals surface area contributed by atoms with Crippen molar-refractivity contribution in [2.45, 2.75) is 65.1 Å². The minimum Gasteiger partial charge on any atom is -0.345 e. The topological polar surface area (TPSA) is 25.2 Å². The summed E-state index contributed by atoms with van der Waals surface area (Å²) in [6, 6.07) is 21.3. The molecule has 1 saturated carbocycles. The van der Waals surface area contributed by atoms with E-state index in [1.54, 1.807) is 0 Å². The zero-order chi connectivity index (χ0) is 20.9. The van der Waals surface area contributed by atoms with E-state index in [1.807, 2.05) is 24.3 Å². The van der Waals surface area contributed by atoms with E-state index in [0.29, 0.717) is 12.6 Å². The Hall–Kier alpha value is -2.81. The predicted octanol–water partition coefficient (Wildman–Crippen LogP) is 6.13. The van der Waals surface area contributed by atoms with E-state index in [9.17, 15) is 4.79 Å². The van der Waals surface area contributed by atoms with E-state index in [1.165, 1.54) is 41.6 Å². The Morgan fingerprint density at radius 3 is 2.43 bits per heavy atom. The van der Waals surface area contributed by atoms with Crippen LogP contribution < -0.4 is 0 Å². The Kier molecular flexibility index (Phi) is 6.37. The highest BCUT2D eigenvalue weighted by atomic mass is 16.2. The highest BCUT2D eigenvalue weighted by Crippen LogP contribution is 2.26. The van der Waals surface area contributed by atoms with E-state index >= 15 is 0 Å². The zero-order valence-corrected chi connectivity index (χ0v) is 18.2. The van der Waals surface area contributed by atoms with Crippen LogP contribution in [0.1, 0.15) is 64.8 Å². The van der Waals surface area contributed by atoms with Crippen molar-refractivity contribution in [2.75, 3.05) is 0 Å². The lowest BCUT2D eigenvalue weighted by Crippen LogP contribution is -2.41. The summed E-state index contributed by atoms with van der Waals surface area (Å²) in [6.45, 7) is 5.69. The van der Waals surface area contributed by atoms with Crippen molar-refractivity contribution in [2.24, 2.45) is 0 Å². The molecule has 1 amide bonds. The number of amides is 1. The maximum absolute atomic E-state index is 13.5. The Morgan fingerprint density at radius 1 is 0.933 bits per heavy atom. The molecule has 156 valence electrons. The smallest absolute Gasteiger partial charge is 0.254 e. The third kappa shape index (κ3) is 4.84. The molecule has 3 nitrogen and oxygen atoms in total. The second-order valence-electron chi connectivity index (χ2n) is 8.71. The van der Waals surface area contributed by atoms with Gasteiger partial charge < -0.3 is 9.47 Å². The van der Waals surface area contributed by atoms with Gasteiger partial charge in [-0.2, -0.15) is 0 Å². The molecular weight excluding hydrogens is 368 g/mol. The normalized spacial score (nSPS) is 14.6. The average Bonchev–Trinajstić information content (AvgIpc) is 3.19. The lowest BCUT2D eigenvalue weighted by molar-refractivity contribution is 0.0608. The number of hydrogen-bond acceptors (Lipinski definition) is 1. The number of nitrogens with zero attached hydrogens (tertiary/aromatic N) is 2. The van der Waals surface area contributed by atoms with Crippen LogP contribution >= 0.6 is 0 Å². The van der Waals surface area contributed by atoms with Gasteiger partial charge in [-0.15, -0.1) is 0 Å². The minimum atomic E-state index is 0.158. The fourth-order valence-electron chi connectivity index (χ4n) is 4.55. The lowest BCUT2D eigenvalue weighted by atomic mass is 9.93. The third-order valence-corrected chi connectivity index (χ3v) is 6.27. The van der Waals surface area contributed by atoms with Crippen molar-refractivity contribution in [1.82, 2.24) is 9.47 Å². The van der Waals surface area contributed by atoms with Crippen LogP contribution in [0, 0.1) is 13.8 Å². The number of benzene rings is 2. The number of carbonyl (C=O) groups is 1. The molecule has 0 bridgehead atoms. The summed E-state index contributed by atoms with van der Waals surface area (Å²) >= 11 is 0. The summed E-state index contributed by atoms with van der Waals surface area (Å²) in [7, 11) is 0. The van der Waals surface area contributed by atoms with E-state index < -0.39 is 0 Å². The Balaban J connectivity index is 1.58. The number of rotatable bonds is 6. The molecule has 1 fully saturated rings. The molecule has 1 aliphatic carbocycles. The molecule has 1 aliphatic rings. The van der Waals surface area contributed by atoms with Crippen LogP contribution in [0.3, 0.4) is 0 Å². The molecule has 0 N–H and O–H groups in total. The molecule has 2 aromatic carbocycles. The van der Waals surface area contributed by atoms with Crippen LogP contribution in [0.15, 0.2) is 66.9 Å². The average molecular weight is 401 g/mol. The van der Waals surface area contributed by atoms with Gasteiger partial charge in [-0.1, -0.05) is 66.8 Å². The molecule has 1 heterocycles. The molecule has 3 aromatic rings. The second kappa shape index (κ2) is 9.34. The molecular formula is C27H32N2O. The highest BCUT2D eigenvalue weighted by molar-refractivity contribution is 5.94. The standard InChI is InChI=1S/C27H32N2O/c1-21-13-15-24(16-14-21)27(30)29(25-10-4-3-5-11-25)20-26-12-7-17-28(26)19-23-9-6-8-22(2)18-23/h6-9,12-18,25H,3-5,10-11,19-20H2,1-2H3. The maximum atomic E-state index is 13.5. The van der Waals surface area contributed by atoms with Gasteiger partial charge in [-0.05, 0) is 56.5 Å². The fraction of sp³-hybridized carbons (Fsp3) is 0.370. The maximum Gasteiger partial charge on any atom is 0.254 e. The number of hydrogen-bond donors (Lipinski definition) is 0. The quantitative estimate of drug-likeness (QED) is 0.489. The number of carbonyl (C=O) groups excluding carboxylic acids is 1. The molecule has 0 atom stereocenters. The summed E-state index contributed by atoms with van der Waals surface area (Å²) in [5.41, 5.74) is 5.74. The van der Waals surface area contributed by atoms with E-state index in [2.05, 4.69) is 65.9 Å². The van der Waals surface area contributed by atoms with Crippen molar-refractivity contribution in [3.05, 3.63) is 94.8 Å². The number of aromatic nitrogens is 1. The SMILES string of the molecule is Cc1ccc(C(=O)N(Cc2cccn2Cc2cccc(C)c2)C2CCCCC2)cc1. The van der Waals surface area contributed by atoms with E-state index in [-0.39, 0.29) is 5.91 Å². The fourth-order valence-corrected chi connectivity index (χ4v) is 4.55. The van der Waals surface area contributed by atoms with Crippen molar-refractivity contribution >= 4 is 5.91 Å². The van der Waals surface area contributed by atoms with Gasteiger partial charge in [0.1, 0.15) is 0 Å². The first-order valence-corrected chi connectivity index (χ1v) is 11.2. The van der Waals surface area contributed by atoms with Crippen LogP contribution in [0.25, 0.3) is 0 Å². The first kappa shape index (κ1) is 20.5. The third-order valence-electron chi connectivity index (χ3n) is 6.27. The zero-order valence-electron chi connectivity index (χ0n) is 18.2. The van der Waals surface area contributed by atoms with E-state index in [4.69, 9.17) is 0 Å². The summed E-state index contributed by atoms with van der Waals surface area (Å²) in [5.74, 6) is 0.158. The summed E-state index contributed by atoms with van der Waals surface area (Å²) in [6.07, 6.45) is 8.06. The monoisotopic (exact) mass is 400 g/mol. The van der Waals surface area contributed by atoms with Crippen LogP contribution in [0.5, 0.6) is 0 Å². The second-order valence-corrected chi connectivity index (χ2v) is 8.71. The van der Waals surface area contributed by atoms with Crippen LogP contribution in [0.2, 0.25) is 0 Å². The molecule has 0 spiro atoms. The first-order chi connectivity index (χ1) is 14.6. The van der Waals surface area contributed by atoms with Crippen molar-refractivity contribution in [3.63, 3.8) is 0 Å². The summed E-state index contributed by atoms with van der Waals surface area (Å²) < 4.78 is 2.28. The molecule has 0 saturated heterocycles. The number of aryl methyl sites for hydroxylation is 2. The molecule has 1 aromatic heterocycles. The molecule has 0 unspecified atom stereocenters. The van der Waals surface area contributed by atoms with Gasteiger partial charge in [-0.3, -0.25) is 4.79 Å². The predicted molar refractivity (Wildman–Crippen MR) is 123 cm³/mol. The lowest BCUT2D eigenvalue weighted by Gasteiger charge is -2.35. The molecule has 30 heavy (non-hydrogen) atoms. The van der Waals surface area contributed by atoms with Crippen LogP contribution in [-0.4, -0.2) is 21.4 Å². The van der Waals surface area contributed by atoms with Crippen LogP contribution in [0.4, 0.5) is 0 Å². The Bertz CT molecular complexity index is 980. The summed E-state index contributed by atoms with van der Waals surface area (Å²) in [4.78, 5) is 15.6. The van der Waals surface area contributed by atoms with Gasteiger partial charge in [0, 0.05) is 30.0 Å². The van der Waals surface area contributed by atoms with Gasteiger partial charge in [0.15, 0.2) is 0 Å². The first-order valence-electron chi connectivity index (χ1n) is 11.2. The Labute approximate surface area is 180 Å². The molecule has 3 heteroatoms. The highest BCUT2D eigenvalue weighted by Gasteiger charge is 2.27. The molecule has 0 radical (unpaired) electrons. The van der Waals surface area contributed by atoms with Gasteiger partial charge in [0.25, 0.3) is 5.91 Å². The van der Waals surface area contributed by atoms with Crippen molar-refractivity contribution < 1.29 is 4.79 Å². The largest absolute Gasteiger partial charge is 0.345 e. The van der Waals surface area contributed by atoms with Gasteiger partial charge in [0.2, 0.25) is 0 Å². The molecule has 0 aliphatic heterocycles. The summed E-state index contributed by atoms with van der Waals surface area (Å²) in [5, 5.41) is 0. The van der Waals surface area contributed by atoms with Crippen molar-refractivity contribution in [3.8, 4) is 0 Å².